The van der Waals surface area contributed by atoms with Gasteiger partial charge in [-0.2, -0.15) is 0 Å². The Morgan fingerprint density at radius 2 is 2.06 bits per heavy atom. The molecule has 2 aromatic heterocycles. The number of hydrogen-bond donors (Lipinski definition) is 1. The standard InChI is InChI=1S/C23H24FN5O3/c1-15-9-16(17-12-26-23(25)27-13-17)10-20(28-15)21-14-29(6-8-32-21)22(30)5-7-31-19-4-2-3-18(24)11-19/h2-4,9-13,21H,5-8,14H2,1H3,(H2,25,26,27). The van der Waals surface area contributed by atoms with Crippen molar-refractivity contribution in [1.82, 2.24) is 19.9 Å². The molecule has 1 fully saturated rings. The number of ether oxygens (including phenoxy) is 2. The van der Waals surface area contributed by atoms with E-state index in [-0.39, 0.29) is 36.8 Å². The fourth-order valence-electron chi connectivity index (χ4n) is 3.54. The molecule has 0 radical (unpaired) electrons. The second-order valence-electron chi connectivity index (χ2n) is 7.51. The molecule has 1 aliphatic heterocycles. The molecule has 1 aliphatic rings. The Balaban J connectivity index is 1.40. The maximum absolute atomic E-state index is 13.2. The minimum absolute atomic E-state index is 0.0467. The molecule has 9 heteroatoms. The zero-order valence-corrected chi connectivity index (χ0v) is 17.7. The van der Waals surface area contributed by atoms with Crippen LogP contribution in [-0.4, -0.2) is 52.1 Å². The monoisotopic (exact) mass is 437 g/mol. The highest BCUT2D eigenvalue weighted by molar-refractivity contribution is 5.76. The Labute approximate surface area is 185 Å². The van der Waals surface area contributed by atoms with Crippen molar-refractivity contribution >= 4 is 11.9 Å². The average molecular weight is 437 g/mol. The van der Waals surface area contributed by atoms with Gasteiger partial charge in [-0.05, 0) is 36.8 Å². The number of carbonyl (C=O) groups is 1. The van der Waals surface area contributed by atoms with Crippen molar-refractivity contribution < 1.29 is 18.7 Å². The third-order valence-electron chi connectivity index (χ3n) is 5.11. The summed E-state index contributed by atoms with van der Waals surface area (Å²) in [6.45, 7) is 3.39. The Bertz CT molecular complexity index is 1090. The number of nitrogen functional groups attached to an aromatic ring is 1. The van der Waals surface area contributed by atoms with Crippen LogP contribution in [0.2, 0.25) is 0 Å². The number of morpholine rings is 1. The predicted molar refractivity (Wildman–Crippen MR) is 116 cm³/mol. The number of nitrogens with two attached hydrogens (primary N) is 1. The second-order valence-corrected chi connectivity index (χ2v) is 7.51. The van der Waals surface area contributed by atoms with Crippen LogP contribution in [0.3, 0.4) is 0 Å². The van der Waals surface area contributed by atoms with E-state index in [4.69, 9.17) is 15.2 Å². The Kier molecular flexibility index (Phi) is 6.55. The number of carbonyl (C=O) groups excluding carboxylic acids is 1. The summed E-state index contributed by atoms with van der Waals surface area (Å²) in [4.78, 5) is 27.1. The topological polar surface area (TPSA) is 103 Å². The summed E-state index contributed by atoms with van der Waals surface area (Å²) in [5.74, 6) is 0.196. The van der Waals surface area contributed by atoms with E-state index in [2.05, 4.69) is 15.0 Å². The third-order valence-corrected chi connectivity index (χ3v) is 5.11. The molecule has 0 bridgehead atoms. The summed E-state index contributed by atoms with van der Waals surface area (Å²) >= 11 is 0. The van der Waals surface area contributed by atoms with Crippen molar-refractivity contribution in [3.05, 3.63) is 66.0 Å². The smallest absolute Gasteiger partial charge is 0.226 e. The van der Waals surface area contributed by atoms with Crippen LogP contribution < -0.4 is 10.5 Å². The molecule has 32 heavy (non-hydrogen) atoms. The van der Waals surface area contributed by atoms with Gasteiger partial charge in [-0.15, -0.1) is 0 Å². The number of anilines is 1. The van der Waals surface area contributed by atoms with Crippen LogP contribution in [-0.2, 0) is 9.53 Å². The van der Waals surface area contributed by atoms with Crippen molar-refractivity contribution in [2.45, 2.75) is 19.4 Å². The molecule has 166 valence electrons. The van der Waals surface area contributed by atoms with E-state index in [1.54, 1.807) is 29.4 Å². The van der Waals surface area contributed by atoms with Gasteiger partial charge < -0.3 is 20.1 Å². The molecule has 1 amide bonds. The minimum atomic E-state index is -0.375. The molecule has 1 unspecified atom stereocenters. The van der Waals surface area contributed by atoms with E-state index >= 15 is 0 Å². The molecular formula is C23H24FN5O3. The molecular weight excluding hydrogens is 413 g/mol. The van der Waals surface area contributed by atoms with E-state index in [0.29, 0.717) is 25.4 Å². The average Bonchev–Trinajstić information content (AvgIpc) is 2.79. The van der Waals surface area contributed by atoms with Crippen molar-refractivity contribution in [2.75, 3.05) is 32.0 Å². The summed E-state index contributed by atoms with van der Waals surface area (Å²) in [5, 5.41) is 0. The summed E-state index contributed by atoms with van der Waals surface area (Å²) < 4.78 is 24.7. The van der Waals surface area contributed by atoms with Crippen LogP contribution in [0, 0.1) is 12.7 Å². The van der Waals surface area contributed by atoms with Gasteiger partial charge >= 0.3 is 0 Å². The molecule has 1 atom stereocenters. The van der Waals surface area contributed by atoms with E-state index < -0.39 is 0 Å². The largest absolute Gasteiger partial charge is 0.493 e. The van der Waals surface area contributed by atoms with Crippen LogP contribution in [0.25, 0.3) is 11.1 Å². The van der Waals surface area contributed by atoms with E-state index in [9.17, 15) is 9.18 Å². The lowest BCUT2D eigenvalue weighted by Gasteiger charge is -2.33. The van der Waals surface area contributed by atoms with Gasteiger partial charge in [0, 0.05) is 36.3 Å². The maximum Gasteiger partial charge on any atom is 0.226 e. The normalized spacial score (nSPS) is 16.1. The van der Waals surface area contributed by atoms with Crippen molar-refractivity contribution in [2.24, 2.45) is 0 Å². The van der Waals surface area contributed by atoms with E-state index in [0.717, 1.165) is 22.5 Å². The van der Waals surface area contributed by atoms with E-state index in [1.807, 2.05) is 19.1 Å². The van der Waals surface area contributed by atoms with Crippen LogP contribution in [0.4, 0.5) is 10.3 Å². The highest BCUT2D eigenvalue weighted by atomic mass is 19.1. The van der Waals surface area contributed by atoms with Gasteiger partial charge in [-0.1, -0.05) is 6.07 Å². The first-order valence-corrected chi connectivity index (χ1v) is 10.3. The molecule has 0 saturated carbocycles. The maximum atomic E-state index is 13.2. The zero-order chi connectivity index (χ0) is 22.5. The van der Waals surface area contributed by atoms with Crippen molar-refractivity contribution in [3.8, 4) is 16.9 Å². The number of amides is 1. The van der Waals surface area contributed by atoms with Gasteiger partial charge in [0.25, 0.3) is 0 Å². The molecule has 4 rings (SSSR count). The van der Waals surface area contributed by atoms with Crippen molar-refractivity contribution in [3.63, 3.8) is 0 Å². The third kappa shape index (κ3) is 5.36. The predicted octanol–water partition coefficient (Wildman–Crippen LogP) is 2.94. The lowest BCUT2D eigenvalue weighted by Crippen LogP contribution is -2.42. The quantitative estimate of drug-likeness (QED) is 0.632. The van der Waals surface area contributed by atoms with Crippen LogP contribution in [0.1, 0.15) is 23.9 Å². The van der Waals surface area contributed by atoms with Crippen LogP contribution in [0.15, 0.2) is 48.8 Å². The number of rotatable bonds is 6. The molecule has 0 spiro atoms. The lowest BCUT2D eigenvalue weighted by atomic mass is 10.1. The number of aromatic nitrogens is 3. The highest BCUT2D eigenvalue weighted by Gasteiger charge is 2.26. The van der Waals surface area contributed by atoms with Crippen molar-refractivity contribution in [1.29, 1.82) is 0 Å². The lowest BCUT2D eigenvalue weighted by molar-refractivity contribution is -0.139. The number of nitrogens with zero attached hydrogens (tertiary/aromatic N) is 4. The minimum Gasteiger partial charge on any atom is -0.493 e. The Hall–Kier alpha value is -3.59. The van der Waals surface area contributed by atoms with Gasteiger partial charge in [0.15, 0.2) is 0 Å². The number of pyridine rings is 1. The summed E-state index contributed by atoms with van der Waals surface area (Å²) in [7, 11) is 0. The molecule has 1 aromatic carbocycles. The molecule has 0 aliphatic carbocycles. The van der Waals surface area contributed by atoms with Crippen LogP contribution >= 0.6 is 0 Å². The number of benzene rings is 1. The fourth-order valence-corrected chi connectivity index (χ4v) is 3.54. The van der Waals surface area contributed by atoms with Gasteiger partial charge in [0.2, 0.25) is 11.9 Å². The SMILES string of the molecule is Cc1cc(-c2cnc(N)nc2)cc(C2CN(C(=O)CCOc3cccc(F)c3)CCO2)n1. The fraction of sp³-hybridized carbons (Fsp3) is 0.304. The number of aryl methyl sites for hydroxylation is 1. The Morgan fingerprint density at radius 3 is 2.84 bits per heavy atom. The molecule has 1 saturated heterocycles. The molecule has 3 heterocycles. The van der Waals surface area contributed by atoms with E-state index in [1.165, 1.54) is 12.1 Å². The first-order chi connectivity index (χ1) is 15.5. The second kappa shape index (κ2) is 9.69. The highest BCUT2D eigenvalue weighted by Crippen LogP contribution is 2.27. The van der Waals surface area contributed by atoms with Gasteiger partial charge in [-0.25, -0.2) is 14.4 Å². The molecule has 2 N–H and O–H groups in total. The van der Waals surface area contributed by atoms with Crippen LogP contribution in [0.5, 0.6) is 5.75 Å². The van der Waals surface area contributed by atoms with Gasteiger partial charge in [0.1, 0.15) is 17.7 Å². The van der Waals surface area contributed by atoms with Gasteiger partial charge in [-0.3, -0.25) is 9.78 Å². The summed E-state index contributed by atoms with van der Waals surface area (Å²) in [6.07, 6.45) is 3.18. The number of hydrogen-bond acceptors (Lipinski definition) is 7. The Morgan fingerprint density at radius 1 is 1.25 bits per heavy atom. The first-order valence-electron chi connectivity index (χ1n) is 10.3. The van der Waals surface area contributed by atoms with Gasteiger partial charge in [0.05, 0.1) is 31.9 Å². The zero-order valence-electron chi connectivity index (χ0n) is 17.7. The summed E-state index contributed by atoms with van der Waals surface area (Å²) in [5.41, 5.74) is 8.88. The molecule has 8 nitrogen and oxygen atoms in total. The number of halogens is 1. The summed E-state index contributed by atoms with van der Waals surface area (Å²) in [6, 6.07) is 9.73. The molecule has 3 aromatic rings. The first kappa shape index (κ1) is 21.6.